The van der Waals surface area contributed by atoms with E-state index < -0.39 is 0 Å². The third kappa shape index (κ3) is 2.98. The predicted octanol–water partition coefficient (Wildman–Crippen LogP) is 1.89. The summed E-state index contributed by atoms with van der Waals surface area (Å²) in [4.78, 5) is 6.74. The lowest BCUT2D eigenvalue weighted by Crippen LogP contribution is -2.17. The lowest BCUT2D eigenvalue weighted by Gasteiger charge is -2.11. The minimum atomic E-state index is 0.706. The molecule has 1 N–H and O–H groups in total. The molecule has 0 aliphatic heterocycles. The Labute approximate surface area is 97.7 Å². The van der Waals surface area contributed by atoms with E-state index in [0.29, 0.717) is 6.04 Å². The van der Waals surface area contributed by atoms with Crippen LogP contribution in [0.1, 0.15) is 31.0 Å². The van der Waals surface area contributed by atoms with Crippen molar-refractivity contribution in [2.24, 2.45) is 0 Å². The average Bonchev–Trinajstić information content (AvgIpc) is 2.98. The summed E-state index contributed by atoms with van der Waals surface area (Å²) in [6.45, 7) is 4.18. The lowest BCUT2D eigenvalue weighted by atomic mass is 10.4. The van der Waals surface area contributed by atoms with Crippen molar-refractivity contribution >= 4 is 5.95 Å². The largest absolute Gasteiger partial charge is 0.356 e. The van der Waals surface area contributed by atoms with E-state index in [-0.39, 0.29) is 0 Å². The van der Waals surface area contributed by atoms with Crippen LogP contribution in [-0.2, 0) is 0 Å². The molecule has 0 spiro atoms. The molecule has 0 amide bonds. The second kappa shape index (κ2) is 4.87. The van der Waals surface area contributed by atoms with Crippen LogP contribution in [0.5, 0.6) is 0 Å². The van der Waals surface area contributed by atoms with Crippen LogP contribution in [0.2, 0.25) is 0 Å². The van der Waals surface area contributed by atoms with Crippen molar-refractivity contribution in [1.29, 1.82) is 0 Å². The molecule has 1 aliphatic carbocycles. The van der Waals surface area contributed by atoms with Crippen LogP contribution >= 0.6 is 0 Å². The van der Waals surface area contributed by atoms with Crippen molar-refractivity contribution in [2.45, 2.75) is 32.2 Å². The van der Waals surface area contributed by atoms with Gasteiger partial charge in [-0.25, -0.2) is 4.98 Å². The van der Waals surface area contributed by atoms with Gasteiger partial charge in [0.15, 0.2) is 0 Å². The fourth-order valence-electron chi connectivity index (χ4n) is 1.87. The van der Waals surface area contributed by atoms with Gasteiger partial charge < -0.3 is 14.8 Å². The molecule has 1 fully saturated rings. The first-order chi connectivity index (χ1) is 7.66. The quantitative estimate of drug-likeness (QED) is 0.746. The second-order valence-corrected chi connectivity index (χ2v) is 4.93. The number of anilines is 1. The van der Waals surface area contributed by atoms with Crippen molar-refractivity contribution in [3.63, 3.8) is 0 Å². The van der Waals surface area contributed by atoms with Gasteiger partial charge >= 0.3 is 0 Å². The molecule has 0 saturated heterocycles. The first kappa shape index (κ1) is 11.5. The number of aryl methyl sites for hydroxylation is 1. The SMILES string of the molecule is Cc1cn(C2CC2)c(NCCCN(C)C)n1. The van der Waals surface area contributed by atoms with Gasteiger partial charge in [0.2, 0.25) is 5.95 Å². The Bertz CT molecular complexity index is 339. The van der Waals surface area contributed by atoms with E-state index in [1.165, 1.54) is 12.8 Å². The van der Waals surface area contributed by atoms with Crippen LogP contribution in [-0.4, -0.2) is 41.6 Å². The van der Waals surface area contributed by atoms with E-state index in [1.807, 2.05) is 0 Å². The number of nitrogens with zero attached hydrogens (tertiary/aromatic N) is 3. The number of hydrogen-bond donors (Lipinski definition) is 1. The van der Waals surface area contributed by atoms with Crippen LogP contribution in [0.15, 0.2) is 6.20 Å². The van der Waals surface area contributed by atoms with Crippen LogP contribution in [0.25, 0.3) is 0 Å². The molecule has 2 rings (SSSR count). The zero-order valence-corrected chi connectivity index (χ0v) is 10.5. The second-order valence-electron chi connectivity index (χ2n) is 4.93. The maximum atomic E-state index is 4.53. The zero-order valence-electron chi connectivity index (χ0n) is 10.5. The molecule has 4 heteroatoms. The molecule has 90 valence electrons. The summed E-state index contributed by atoms with van der Waals surface area (Å²) in [7, 11) is 4.21. The molecule has 1 aromatic rings. The van der Waals surface area contributed by atoms with Gasteiger partial charge in [-0.05, 0) is 46.8 Å². The first-order valence-electron chi connectivity index (χ1n) is 6.11. The normalized spacial score (nSPS) is 15.8. The Morgan fingerprint density at radius 2 is 2.25 bits per heavy atom. The minimum absolute atomic E-state index is 0.706. The highest BCUT2D eigenvalue weighted by Gasteiger charge is 2.25. The smallest absolute Gasteiger partial charge is 0.203 e. The van der Waals surface area contributed by atoms with Gasteiger partial charge in [0.1, 0.15) is 0 Å². The Balaban J connectivity index is 1.83. The fourth-order valence-corrected chi connectivity index (χ4v) is 1.87. The van der Waals surface area contributed by atoms with E-state index >= 15 is 0 Å². The van der Waals surface area contributed by atoms with Crippen LogP contribution < -0.4 is 5.32 Å². The van der Waals surface area contributed by atoms with Gasteiger partial charge in [-0.15, -0.1) is 0 Å². The standard InChI is InChI=1S/C12H22N4/c1-10-9-16(11-5-6-11)12(14-10)13-7-4-8-15(2)3/h9,11H,4-8H2,1-3H3,(H,13,14). The van der Waals surface area contributed by atoms with E-state index in [9.17, 15) is 0 Å². The third-order valence-electron chi connectivity index (χ3n) is 2.86. The van der Waals surface area contributed by atoms with Gasteiger partial charge in [-0.1, -0.05) is 0 Å². The monoisotopic (exact) mass is 222 g/mol. The molecule has 0 unspecified atom stereocenters. The summed E-state index contributed by atoms with van der Waals surface area (Å²) in [5.74, 6) is 1.05. The van der Waals surface area contributed by atoms with Crippen LogP contribution in [0.3, 0.4) is 0 Å². The Hall–Kier alpha value is -1.03. The summed E-state index contributed by atoms with van der Waals surface area (Å²) in [6.07, 6.45) is 5.93. The Morgan fingerprint density at radius 3 is 2.88 bits per heavy atom. The van der Waals surface area contributed by atoms with Crippen LogP contribution in [0, 0.1) is 6.92 Å². The maximum absolute atomic E-state index is 4.53. The molecule has 1 heterocycles. The molecular formula is C12H22N4. The summed E-state index contributed by atoms with van der Waals surface area (Å²) in [5.41, 5.74) is 1.11. The molecule has 1 aromatic heterocycles. The summed E-state index contributed by atoms with van der Waals surface area (Å²) >= 11 is 0. The predicted molar refractivity (Wildman–Crippen MR) is 66.9 cm³/mol. The molecule has 0 bridgehead atoms. The van der Waals surface area contributed by atoms with Crippen molar-refractivity contribution in [3.8, 4) is 0 Å². The molecule has 1 aliphatic rings. The van der Waals surface area contributed by atoms with Gasteiger partial charge in [0.05, 0.1) is 5.69 Å². The number of imidazole rings is 1. The van der Waals surface area contributed by atoms with E-state index in [1.54, 1.807) is 0 Å². The van der Waals surface area contributed by atoms with Crippen molar-refractivity contribution in [3.05, 3.63) is 11.9 Å². The third-order valence-corrected chi connectivity index (χ3v) is 2.86. The highest BCUT2D eigenvalue weighted by molar-refractivity contribution is 5.30. The number of rotatable bonds is 6. The molecule has 16 heavy (non-hydrogen) atoms. The summed E-state index contributed by atoms with van der Waals surface area (Å²) < 4.78 is 2.30. The van der Waals surface area contributed by atoms with E-state index in [2.05, 4.69) is 47.0 Å². The first-order valence-corrected chi connectivity index (χ1v) is 6.11. The maximum Gasteiger partial charge on any atom is 0.203 e. The zero-order chi connectivity index (χ0) is 11.5. The van der Waals surface area contributed by atoms with Gasteiger partial charge in [-0.2, -0.15) is 0 Å². The van der Waals surface area contributed by atoms with Gasteiger partial charge in [-0.3, -0.25) is 0 Å². The average molecular weight is 222 g/mol. The molecule has 1 saturated carbocycles. The van der Waals surface area contributed by atoms with E-state index in [4.69, 9.17) is 0 Å². The topological polar surface area (TPSA) is 33.1 Å². The molecular weight excluding hydrogens is 200 g/mol. The molecule has 4 nitrogen and oxygen atoms in total. The fraction of sp³-hybridized carbons (Fsp3) is 0.750. The molecule has 0 radical (unpaired) electrons. The summed E-state index contributed by atoms with van der Waals surface area (Å²) in [5, 5.41) is 3.44. The number of nitrogens with one attached hydrogen (secondary N) is 1. The van der Waals surface area contributed by atoms with Crippen molar-refractivity contribution < 1.29 is 0 Å². The minimum Gasteiger partial charge on any atom is -0.356 e. The van der Waals surface area contributed by atoms with Crippen LogP contribution in [0.4, 0.5) is 5.95 Å². The summed E-state index contributed by atoms with van der Waals surface area (Å²) in [6, 6.07) is 0.706. The lowest BCUT2D eigenvalue weighted by molar-refractivity contribution is 0.405. The molecule has 0 atom stereocenters. The van der Waals surface area contributed by atoms with E-state index in [0.717, 1.165) is 31.2 Å². The van der Waals surface area contributed by atoms with Crippen molar-refractivity contribution in [1.82, 2.24) is 14.5 Å². The molecule has 0 aromatic carbocycles. The van der Waals surface area contributed by atoms with Crippen molar-refractivity contribution in [2.75, 3.05) is 32.5 Å². The number of hydrogen-bond acceptors (Lipinski definition) is 3. The van der Waals surface area contributed by atoms with Gasteiger partial charge in [0.25, 0.3) is 0 Å². The highest BCUT2D eigenvalue weighted by atomic mass is 15.2. The number of aromatic nitrogens is 2. The Kier molecular flexibility index (Phi) is 3.49. The highest BCUT2D eigenvalue weighted by Crippen LogP contribution is 2.37. The Morgan fingerprint density at radius 1 is 1.50 bits per heavy atom. The van der Waals surface area contributed by atoms with Gasteiger partial charge in [0, 0.05) is 18.8 Å².